The number of ether oxygens (including phenoxy) is 1. The largest absolute Gasteiger partial charge is 1.00 e. The zero-order chi connectivity index (χ0) is 17.3. The number of amides is 1. The van der Waals surface area contributed by atoms with E-state index < -0.39 is 5.60 Å². The molecule has 2 N–H and O–H groups in total. The maximum absolute atomic E-state index is 12.4. The van der Waals surface area contributed by atoms with E-state index in [1.165, 1.54) is 0 Å². The minimum atomic E-state index is -0.527. The monoisotopic (exact) mass is 359 g/mol. The number of aliphatic hydroxyl groups excluding tert-OH is 1. The first-order chi connectivity index (χ1) is 10.7. The van der Waals surface area contributed by atoms with E-state index in [0.717, 1.165) is 30.7 Å². The molecule has 24 heavy (non-hydrogen) atoms. The standard InChI is InChI=1S/C17H29N3O3.ClH/c1-13-10-15(21)14(11-17(13,2)23-5)18-16(22)12-20(4)8-6-19(3)7-9-20;/h10-11,13H,6-9,12H2,1-5H3,(H-,18,21,22);1H. The zero-order valence-corrected chi connectivity index (χ0v) is 16.1. The van der Waals surface area contributed by atoms with E-state index in [-0.39, 0.29) is 30.0 Å². The molecule has 0 aromatic rings. The highest BCUT2D eigenvalue weighted by Gasteiger charge is 2.34. The number of quaternary nitrogens is 1. The Labute approximate surface area is 151 Å². The molecule has 0 aromatic carbocycles. The summed E-state index contributed by atoms with van der Waals surface area (Å²) in [5, 5.41) is 13.0. The van der Waals surface area contributed by atoms with E-state index in [1.54, 1.807) is 19.3 Å². The van der Waals surface area contributed by atoms with E-state index in [9.17, 15) is 9.90 Å². The van der Waals surface area contributed by atoms with Crippen molar-refractivity contribution >= 4 is 5.91 Å². The molecule has 0 radical (unpaired) electrons. The number of hydrogen-bond acceptors (Lipinski definition) is 4. The number of carbonyl (C=O) groups is 1. The normalized spacial score (nSPS) is 30.0. The highest BCUT2D eigenvalue weighted by atomic mass is 35.5. The molecule has 0 saturated carbocycles. The number of hydrogen-bond donors (Lipinski definition) is 2. The Balaban J connectivity index is 0.00000288. The molecule has 0 spiro atoms. The molecule has 1 heterocycles. The number of carbonyl (C=O) groups excluding carboxylic acids is 1. The number of nitrogens with zero attached hydrogens (tertiary/aromatic N) is 2. The highest BCUT2D eigenvalue weighted by Crippen LogP contribution is 2.31. The number of rotatable bonds is 4. The number of methoxy groups -OCH3 is 1. The molecule has 1 amide bonds. The summed E-state index contributed by atoms with van der Waals surface area (Å²) >= 11 is 0. The van der Waals surface area contributed by atoms with E-state index in [2.05, 4.69) is 24.3 Å². The lowest BCUT2D eigenvalue weighted by atomic mass is 9.85. The molecule has 7 heteroatoms. The average Bonchev–Trinajstić information content (AvgIpc) is 2.48. The van der Waals surface area contributed by atoms with Gasteiger partial charge in [0.25, 0.3) is 5.91 Å². The summed E-state index contributed by atoms with van der Waals surface area (Å²) < 4.78 is 6.27. The maximum atomic E-state index is 12.4. The second kappa shape index (κ2) is 7.87. The van der Waals surface area contributed by atoms with Gasteiger partial charge in [0.1, 0.15) is 5.76 Å². The van der Waals surface area contributed by atoms with Gasteiger partial charge in [-0.1, -0.05) is 6.92 Å². The summed E-state index contributed by atoms with van der Waals surface area (Å²) in [7, 11) is 5.85. The fourth-order valence-electron chi connectivity index (χ4n) is 3.07. The third-order valence-electron chi connectivity index (χ3n) is 5.30. The van der Waals surface area contributed by atoms with E-state index in [1.807, 2.05) is 13.8 Å². The first-order valence-electron chi connectivity index (χ1n) is 8.18. The van der Waals surface area contributed by atoms with Gasteiger partial charge in [-0.25, -0.2) is 0 Å². The van der Waals surface area contributed by atoms with Crippen molar-refractivity contribution in [2.24, 2.45) is 5.92 Å². The number of halogens is 1. The van der Waals surface area contributed by atoms with Crippen LogP contribution in [0.1, 0.15) is 13.8 Å². The first kappa shape index (κ1) is 21.0. The predicted octanol–water partition coefficient (Wildman–Crippen LogP) is -2.12. The van der Waals surface area contributed by atoms with Crippen LogP contribution in [-0.4, -0.2) is 79.9 Å². The van der Waals surface area contributed by atoms with Gasteiger partial charge in [-0.15, -0.1) is 0 Å². The Morgan fingerprint density at radius 3 is 2.62 bits per heavy atom. The zero-order valence-electron chi connectivity index (χ0n) is 15.3. The fourth-order valence-corrected chi connectivity index (χ4v) is 3.07. The molecule has 1 saturated heterocycles. The molecule has 2 unspecified atom stereocenters. The van der Waals surface area contributed by atoms with Crippen LogP contribution in [0, 0.1) is 5.92 Å². The SMILES string of the molecule is COC1(C)C=C(NC(=O)C[N+]2(C)CCN(C)CC2)C(O)=CC1C.[Cl-]. The molecule has 6 nitrogen and oxygen atoms in total. The second-order valence-corrected chi connectivity index (χ2v) is 7.36. The van der Waals surface area contributed by atoms with Crippen LogP contribution in [0.4, 0.5) is 0 Å². The lowest BCUT2D eigenvalue weighted by Gasteiger charge is -2.40. The quantitative estimate of drug-likeness (QED) is 0.563. The molecule has 0 bridgehead atoms. The molecule has 1 aliphatic carbocycles. The van der Waals surface area contributed by atoms with Gasteiger partial charge in [0.2, 0.25) is 0 Å². The van der Waals surface area contributed by atoms with Crippen molar-refractivity contribution < 1.29 is 31.5 Å². The van der Waals surface area contributed by atoms with Gasteiger partial charge in [0.05, 0.1) is 31.4 Å². The number of aliphatic hydroxyl groups is 1. The summed E-state index contributed by atoms with van der Waals surface area (Å²) in [6.07, 6.45) is 3.53. The van der Waals surface area contributed by atoms with Gasteiger partial charge >= 0.3 is 0 Å². The topological polar surface area (TPSA) is 61.8 Å². The van der Waals surface area contributed by atoms with Crippen LogP contribution in [0.2, 0.25) is 0 Å². The van der Waals surface area contributed by atoms with Crippen LogP contribution in [0.3, 0.4) is 0 Å². The minimum Gasteiger partial charge on any atom is -1.00 e. The van der Waals surface area contributed by atoms with E-state index >= 15 is 0 Å². The summed E-state index contributed by atoms with van der Waals surface area (Å²) in [5.74, 6) is 0.0768. The molecule has 2 rings (SSSR count). The molecular weight excluding hydrogens is 330 g/mol. The van der Waals surface area contributed by atoms with Gasteiger partial charge in [0, 0.05) is 26.1 Å². The molecule has 138 valence electrons. The van der Waals surface area contributed by atoms with Gasteiger partial charge in [-0.2, -0.15) is 0 Å². The van der Waals surface area contributed by atoms with Crippen molar-refractivity contribution in [3.8, 4) is 0 Å². The summed E-state index contributed by atoms with van der Waals surface area (Å²) in [6, 6.07) is 0. The summed E-state index contributed by atoms with van der Waals surface area (Å²) in [5.41, 5.74) is -0.0839. The molecule has 1 fully saturated rings. The second-order valence-electron chi connectivity index (χ2n) is 7.36. The lowest BCUT2D eigenvalue weighted by molar-refractivity contribution is -0.906. The van der Waals surface area contributed by atoms with Crippen molar-refractivity contribution in [1.82, 2.24) is 10.2 Å². The maximum Gasteiger partial charge on any atom is 0.279 e. The van der Waals surface area contributed by atoms with Crippen LogP contribution in [0.25, 0.3) is 0 Å². The van der Waals surface area contributed by atoms with Gasteiger partial charge in [-0.3, -0.25) is 9.69 Å². The number of nitrogens with one attached hydrogen (secondary N) is 1. The van der Waals surface area contributed by atoms with Gasteiger partial charge in [-0.05, 0) is 26.1 Å². The molecule has 2 atom stereocenters. The van der Waals surface area contributed by atoms with Gasteiger partial charge in [0.15, 0.2) is 6.54 Å². The Bertz CT molecular complexity index is 527. The Hall–Kier alpha value is -1.08. The number of likely N-dealkylation sites (N-methyl/N-ethyl adjacent to an activating group) is 2. The first-order valence-corrected chi connectivity index (χ1v) is 8.18. The Morgan fingerprint density at radius 2 is 2.08 bits per heavy atom. The smallest absolute Gasteiger partial charge is 0.279 e. The van der Waals surface area contributed by atoms with Crippen LogP contribution < -0.4 is 17.7 Å². The minimum absolute atomic E-state index is 0. The van der Waals surface area contributed by atoms with Crippen molar-refractivity contribution in [2.75, 3.05) is 53.9 Å². The summed E-state index contributed by atoms with van der Waals surface area (Å²) in [6.45, 7) is 8.24. The fraction of sp³-hybridized carbons (Fsp3) is 0.706. The molecular formula is C17H30ClN3O3. The third-order valence-corrected chi connectivity index (χ3v) is 5.30. The predicted molar refractivity (Wildman–Crippen MR) is 89.8 cm³/mol. The summed E-state index contributed by atoms with van der Waals surface area (Å²) in [4.78, 5) is 14.7. The van der Waals surface area contributed by atoms with Crippen LogP contribution in [0.5, 0.6) is 0 Å². The van der Waals surface area contributed by atoms with Crippen molar-refractivity contribution in [3.63, 3.8) is 0 Å². The van der Waals surface area contributed by atoms with E-state index in [4.69, 9.17) is 4.74 Å². The average molecular weight is 360 g/mol. The molecule has 2 aliphatic rings. The molecule has 0 aromatic heterocycles. The highest BCUT2D eigenvalue weighted by molar-refractivity contribution is 5.79. The molecule has 1 aliphatic heterocycles. The van der Waals surface area contributed by atoms with Gasteiger partial charge < -0.3 is 32.1 Å². The van der Waals surface area contributed by atoms with Crippen molar-refractivity contribution in [2.45, 2.75) is 19.4 Å². The van der Waals surface area contributed by atoms with Crippen molar-refractivity contribution in [3.05, 3.63) is 23.6 Å². The van der Waals surface area contributed by atoms with Crippen LogP contribution in [-0.2, 0) is 9.53 Å². The Morgan fingerprint density at radius 1 is 1.50 bits per heavy atom. The lowest BCUT2D eigenvalue weighted by Crippen LogP contribution is -3.00. The number of piperazine rings is 1. The van der Waals surface area contributed by atoms with Crippen molar-refractivity contribution in [1.29, 1.82) is 0 Å². The van der Waals surface area contributed by atoms with Crippen LogP contribution in [0.15, 0.2) is 23.6 Å². The van der Waals surface area contributed by atoms with E-state index in [0.29, 0.717) is 12.2 Å². The van der Waals surface area contributed by atoms with Crippen LogP contribution >= 0.6 is 0 Å². The third kappa shape index (κ3) is 4.72. The Kier molecular flexibility index (Phi) is 6.87.